The van der Waals surface area contributed by atoms with E-state index >= 15 is 0 Å². The van der Waals surface area contributed by atoms with Gasteiger partial charge in [0, 0.05) is 18.0 Å². The van der Waals surface area contributed by atoms with Crippen molar-refractivity contribution in [3.8, 4) is 11.8 Å². The lowest BCUT2D eigenvalue weighted by molar-refractivity contribution is -0.00247. The van der Waals surface area contributed by atoms with E-state index in [0.29, 0.717) is 11.1 Å². The van der Waals surface area contributed by atoms with Crippen LogP contribution in [0.2, 0.25) is 0 Å². The van der Waals surface area contributed by atoms with Crippen LogP contribution in [0.4, 0.5) is 8.78 Å². The van der Waals surface area contributed by atoms with Crippen molar-refractivity contribution in [3.05, 3.63) is 90.2 Å². The van der Waals surface area contributed by atoms with Crippen LogP contribution in [0.1, 0.15) is 41.1 Å². The molecule has 190 valence electrons. The molecule has 36 heavy (non-hydrogen) atoms. The van der Waals surface area contributed by atoms with E-state index < -0.39 is 24.4 Å². The molecule has 2 heterocycles. The van der Waals surface area contributed by atoms with Gasteiger partial charge in [-0.3, -0.25) is 4.79 Å². The van der Waals surface area contributed by atoms with Crippen molar-refractivity contribution in [2.75, 3.05) is 13.1 Å². The number of ether oxygens (including phenoxy) is 1. The molecule has 1 unspecified atom stereocenters. The van der Waals surface area contributed by atoms with E-state index in [2.05, 4.69) is 23.8 Å². The summed E-state index contributed by atoms with van der Waals surface area (Å²) >= 11 is 0. The first kappa shape index (κ1) is 28.3. The molecule has 1 aromatic heterocycles. The van der Waals surface area contributed by atoms with Crippen molar-refractivity contribution < 1.29 is 22.7 Å². The summed E-state index contributed by atoms with van der Waals surface area (Å²) in [7, 11) is 0. The van der Waals surface area contributed by atoms with Crippen LogP contribution < -0.4 is 15.4 Å². The number of halogens is 2. The smallest absolute Gasteiger partial charge is 0.281 e. The number of nitrogens with zero attached hydrogens (tertiary/aromatic N) is 1. The quantitative estimate of drug-likeness (QED) is 0.415. The Hall–Kier alpha value is -3.96. The Morgan fingerprint density at radius 3 is 2.50 bits per heavy atom. The van der Waals surface area contributed by atoms with Crippen LogP contribution >= 0.6 is 0 Å². The van der Waals surface area contributed by atoms with Crippen LogP contribution in [-0.2, 0) is 6.61 Å². The monoisotopic (exact) mass is 495 g/mol. The molecule has 6 nitrogen and oxygen atoms in total. The molecule has 3 aromatic rings. The molecule has 4 rings (SSSR count). The van der Waals surface area contributed by atoms with Crippen LogP contribution in [0.15, 0.2) is 72.2 Å². The predicted octanol–water partition coefficient (Wildman–Crippen LogP) is 5.91. The number of carbonyl (C=O) groups is 1. The minimum absolute atomic E-state index is 0.0253. The van der Waals surface area contributed by atoms with E-state index in [0.717, 1.165) is 5.56 Å². The average Bonchev–Trinajstić information content (AvgIpc) is 3.41. The van der Waals surface area contributed by atoms with Gasteiger partial charge in [0.1, 0.15) is 30.2 Å². The molecule has 2 aromatic carbocycles. The van der Waals surface area contributed by atoms with Crippen molar-refractivity contribution in [1.29, 1.82) is 5.26 Å². The Bertz CT molecular complexity index is 1220. The number of hydrogen-bond donors (Lipinski definition) is 2. The number of nitrogens with one attached hydrogen (secondary N) is 2. The Kier molecular flexibility index (Phi) is 10.4. The molecular weight excluding hydrogens is 464 g/mol. The van der Waals surface area contributed by atoms with Gasteiger partial charge >= 0.3 is 0 Å². The molecule has 1 amide bonds. The van der Waals surface area contributed by atoms with Crippen LogP contribution in [-0.4, -0.2) is 31.0 Å². The van der Waals surface area contributed by atoms with E-state index in [1.54, 1.807) is 25.1 Å². The van der Waals surface area contributed by atoms with Gasteiger partial charge < -0.3 is 19.8 Å². The van der Waals surface area contributed by atoms with Gasteiger partial charge in [-0.2, -0.15) is 5.26 Å². The number of hydrogen-bond acceptors (Lipinski definition) is 5. The topological polar surface area (TPSA) is 87.3 Å². The molecule has 2 N–H and O–H groups in total. The van der Waals surface area contributed by atoms with Gasteiger partial charge in [0.2, 0.25) is 0 Å². The lowest BCUT2D eigenvalue weighted by atomic mass is 10.1. The van der Waals surface area contributed by atoms with Gasteiger partial charge in [-0.05, 0) is 18.6 Å². The van der Waals surface area contributed by atoms with E-state index in [-0.39, 0.29) is 35.6 Å². The van der Waals surface area contributed by atoms with Crippen molar-refractivity contribution in [2.45, 2.75) is 39.3 Å². The molecule has 1 atom stereocenters. The molecule has 0 saturated carbocycles. The second-order valence-corrected chi connectivity index (χ2v) is 7.66. The number of aryl methyl sites for hydroxylation is 1. The van der Waals surface area contributed by atoms with Gasteiger partial charge in [0.05, 0.1) is 17.7 Å². The highest BCUT2D eigenvalue weighted by molar-refractivity contribution is 6.08. The lowest BCUT2D eigenvalue weighted by Crippen LogP contribution is -2.46. The molecule has 8 heteroatoms. The number of furan rings is 1. The standard InChI is InChI=1S/C22H19F2N3O3.C4H6.C2H6/c1-13-19(21(28)27-18-10-26-12-22(18,23)24)17-8-16(7-15(9-25)20(17)30-13)29-11-14-5-3-2-4-6-14;1-3-4-2;1-2/h2-8,18,26H,10-12H2,1H3,(H,27,28);3-4H,1-2H2;1-2H3. The summed E-state index contributed by atoms with van der Waals surface area (Å²) in [5.74, 6) is -3.09. The second kappa shape index (κ2) is 13.2. The average molecular weight is 496 g/mol. The molecule has 1 saturated heterocycles. The first-order valence-electron chi connectivity index (χ1n) is 11.6. The fourth-order valence-electron chi connectivity index (χ4n) is 3.52. The molecular formula is C28H31F2N3O3. The molecule has 0 bridgehead atoms. The summed E-state index contributed by atoms with van der Waals surface area (Å²) in [5.41, 5.74) is 1.48. The van der Waals surface area contributed by atoms with E-state index in [1.807, 2.05) is 50.2 Å². The molecule has 1 aliphatic rings. The third-order valence-electron chi connectivity index (χ3n) is 5.23. The highest BCUT2D eigenvalue weighted by Gasteiger charge is 2.45. The van der Waals surface area contributed by atoms with E-state index in [4.69, 9.17) is 9.15 Å². The van der Waals surface area contributed by atoms with Crippen molar-refractivity contribution in [2.24, 2.45) is 0 Å². The molecule has 1 aliphatic heterocycles. The number of fused-ring (bicyclic) bond motifs is 1. The minimum Gasteiger partial charge on any atom is -0.489 e. The molecule has 0 radical (unpaired) electrons. The first-order chi connectivity index (χ1) is 17.3. The Morgan fingerprint density at radius 2 is 1.94 bits per heavy atom. The number of benzene rings is 2. The third-order valence-corrected chi connectivity index (χ3v) is 5.23. The van der Waals surface area contributed by atoms with Crippen molar-refractivity contribution in [1.82, 2.24) is 10.6 Å². The Morgan fingerprint density at radius 1 is 1.28 bits per heavy atom. The largest absolute Gasteiger partial charge is 0.489 e. The maximum absolute atomic E-state index is 13.9. The summed E-state index contributed by atoms with van der Waals surface area (Å²) in [5, 5.41) is 14.8. The van der Waals surface area contributed by atoms with E-state index in [1.165, 1.54) is 6.07 Å². The molecule has 1 fully saturated rings. The normalized spacial score (nSPS) is 15.4. The highest BCUT2D eigenvalue weighted by Crippen LogP contribution is 2.33. The number of alkyl halides is 2. The maximum Gasteiger partial charge on any atom is 0.281 e. The predicted molar refractivity (Wildman–Crippen MR) is 137 cm³/mol. The Labute approximate surface area is 210 Å². The highest BCUT2D eigenvalue weighted by atomic mass is 19.3. The Balaban J connectivity index is 0.000000694. The third kappa shape index (κ3) is 6.80. The van der Waals surface area contributed by atoms with Crippen LogP contribution in [0.25, 0.3) is 11.0 Å². The zero-order valence-corrected chi connectivity index (χ0v) is 20.7. The lowest BCUT2D eigenvalue weighted by Gasteiger charge is -2.19. The molecule has 0 spiro atoms. The minimum atomic E-state index is -3.04. The van der Waals surface area contributed by atoms with Crippen LogP contribution in [0.5, 0.6) is 5.75 Å². The summed E-state index contributed by atoms with van der Waals surface area (Å²) in [6, 6.07) is 13.3. The molecule has 0 aliphatic carbocycles. The summed E-state index contributed by atoms with van der Waals surface area (Å²) in [6.07, 6.45) is 3.28. The maximum atomic E-state index is 13.9. The van der Waals surface area contributed by atoms with Gasteiger partial charge in [-0.1, -0.05) is 69.5 Å². The van der Waals surface area contributed by atoms with Gasteiger partial charge in [0.15, 0.2) is 5.58 Å². The fourth-order valence-corrected chi connectivity index (χ4v) is 3.52. The van der Waals surface area contributed by atoms with Gasteiger partial charge in [0.25, 0.3) is 11.8 Å². The van der Waals surface area contributed by atoms with Crippen molar-refractivity contribution in [3.63, 3.8) is 0 Å². The van der Waals surface area contributed by atoms with Crippen LogP contribution in [0.3, 0.4) is 0 Å². The van der Waals surface area contributed by atoms with Gasteiger partial charge in [-0.15, -0.1) is 0 Å². The van der Waals surface area contributed by atoms with E-state index in [9.17, 15) is 18.8 Å². The number of amides is 1. The first-order valence-corrected chi connectivity index (χ1v) is 11.6. The van der Waals surface area contributed by atoms with Gasteiger partial charge in [-0.25, -0.2) is 8.78 Å². The number of rotatable bonds is 6. The van der Waals surface area contributed by atoms with Crippen molar-refractivity contribution >= 4 is 16.9 Å². The number of carbonyl (C=O) groups excluding carboxylic acids is 1. The summed E-state index contributed by atoms with van der Waals surface area (Å²) < 4.78 is 39.2. The number of allylic oxidation sites excluding steroid dienone is 2. The second-order valence-electron chi connectivity index (χ2n) is 7.66. The number of nitriles is 1. The zero-order valence-electron chi connectivity index (χ0n) is 20.7. The van der Waals surface area contributed by atoms with Crippen LogP contribution in [0, 0.1) is 18.3 Å². The summed E-state index contributed by atoms with van der Waals surface area (Å²) in [6.45, 7) is 12.0. The SMILES string of the molecule is C=CC=C.CC.Cc1oc2c(C#N)cc(OCc3ccccc3)cc2c1C(=O)NC1CNCC1(F)F. The summed E-state index contributed by atoms with van der Waals surface area (Å²) in [4.78, 5) is 12.8. The zero-order chi connectivity index (χ0) is 26.7. The fraction of sp³-hybridized carbons (Fsp3) is 0.286.